The lowest BCUT2D eigenvalue weighted by Gasteiger charge is -2.23. The minimum Gasteiger partial charge on any atom is -0.231 e. The van der Waals surface area contributed by atoms with Crippen molar-refractivity contribution in [1.82, 2.24) is 0 Å². The Kier molecular flexibility index (Phi) is 4.09. The van der Waals surface area contributed by atoms with Crippen LogP contribution in [0.3, 0.4) is 0 Å². The molecular formula is C12H10F6. The molecule has 0 amide bonds. The van der Waals surface area contributed by atoms with Gasteiger partial charge in [-0.1, -0.05) is 36.9 Å². The molecule has 0 N–H and O–H groups in total. The van der Waals surface area contributed by atoms with E-state index in [1.807, 2.05) is 0 Å². The van der Waals surface area contributed by atoms with Crippen molar-refractivity contribution in [2.24, 2.45) is 0 Å². The molecule has 0 aliphatic carbocycles. The first-order valence-corrected chi connectivity index (χ1v) is 4.97. The van der Waals surface area contributed by atoms with Gasteiger partial charge in [0.15, 0.2) is 0 Å². The van der Waals surface area contributed by atoms with Crippen molar-refractivity contribution in [3.8, 4) is 0 Å². The van der Waals surface area contributed by atoms with E-state index >= 15 is 0 Å². The van der Waals surface area contributed by atoms with E-state index in [1.165, 1.54) is 30.3 Å². The van der Waals surface area contributed by atoms with Gasteiger partial charge in [-0.15, -0.1) is 0 Å². The average Bonchev–Trinajstić information content (AvgIpc) is 2.27. The highest BCUT2D eigenvalue weighted by Crippen LogP contribution is 2.37. The largest absolute Gasteiger partial charge is 0.425 e. The van der Waals surface area contributed by atoms with Crippen molar-refractivity contribution in [2.45, 2.75) is 24.7 Å². The molecule has 0 aromatic heterocycles. The fourth-order valence-corrected chi connectivity index (χ4v) is 1.48. The molecule has 1 atom stereocenters. The van der Waals surface area contributed by atoms with Gasteiger partial charge in [0.25, 0.3) is 12.1 Å². The molecule has 6 heteroatoms. The summed E-state index contributed by atoms with van der Waals surface area (Å²) < 4.78 is 74.9. The van der Waals surface area contributed by atoms with Gasteiger partial charge < -0.3 is 0 Å². The number of halogens is 6. The summed E-state index contributed by atoms with van der Waals surface area (Å²) in [5.41, 5.74) is 0.177. The summed E-state index contributed by atoms with van der Waals surface area (Å²) in [6.45, 7) is 3.35. The summed E-state index contributed by atoms with van der Waals surface area (Å²) >= 11 is 0. The fraction of sp³-hybridized carbons (Fsp3) is 0.333. The van der Waals surface area contributed by atoms with Crippen LogP contribution in [0.2, 0.25) is 0 Å². The zero-order chi connectivity index (χ0) is 14.0. The summed E-state index contributed by atoms with van der Waals surface area (Å²) in [6, 6.07) is 5.54. The van der Waals surface area contributed by atoms with E-state index in [9.17, 15) is 26.3 Å². The highest BCUT2D eigenvalue weighted by molar-refractivity contribution is 5.52. The van der Waals surface area contributed by atoms with Gasteiger partial charge in [0, 0.05) is 6.42 Å². The Labute approximate surface area is 99.9 Å². The molecule has 0 aliphatic rings. The maximum Gasteiger partial charge on any atom is 0.425 e. The molecule has 0 fully saturated rings. The summed E-state index contributed by atoms with van der Waals surface area (Å²) in [7, 11) is 0. The quantitative estimate of drug-likeness (QED) is 0.710. The monoisotopic (exact) mass is 268 g/mol. The summed E-state index contributed by atoms with van der Waals surface area (Å²) in [4.78, 5) is 0. The van der Waals surface area contributed by atoms with Crippen molar-refractivity contribution in [2.75, 3.05) is 0 Å². The van der Waals surface area contributed by atoms with Crippen LogP contribution in [-0.2, 0) is 6.42 Å². The number of alkyl halides is 6. The van der Waals surface area contributed by atoms with Crippen molar-refractivity contribution < 1.29 is 26.3 Å². The van der Waals surface area contributed by atoms with Crippen LogP contribution in [0, 0.1) is 0 Å². The predicted octanol–water partition coefficient (Wildman–Crippen LogP) is 4.41. The molecule has 1 aromatic rings. The molecule has 0 heterocycles. The van der Waals surface area contributed by atoms with Crippen LogP contribution in [0.15, 0.2) is 30.8 Å². The molecule has 0 aliphatic heterocycles. The minimum absolute atomic E-state index is 0.0793. The third kappa shape index (κ3) is 3.27. The lowest BCUT2D eigenvalue weighted by Crippen LogP contribution is -2.43. The highest BCUT2D eigenvalue weighted by Gasteiger charge is 2.56. The Hall–Kier alpha value is -1.46. The smallest absolute Gasteiger partial charge is 0.231 e. The van der Waals surface area contributed by atoms with Gasteiger partial charge in [-0.25, -0.2) is 13.2 Å². The van der Waals surface area contributed by atoms with Crippen LogP contribution in [0.25, 0.3) is 6.08 Å². The van der Waals surface area contributed by atoms with Crippen LogP contribution < -0.4 is 0 Å². The Morgan fingerprint density at radius 2 is 1.67 bits per heavy atom. The van der Waals surface area contributed by atoms with Crippen LogP contribution in [-0.4, -0.2) is 18.3 Å². The predicted molar refractivity (Wildman–Crippen MR) is 56.1 cm³/mol. The van der Waals surface area contributed by atoms with E-state index in [-0.39, 0.29) is 11.1 Å². The van der Waals surface area contributed by atoms with Crippen LogP contribution >= 0.6 is 0 Å². The topological polar surface area (TPSA) is 0 Å². The van der Waals surface area contributed by atoms with Crippen LogP contribution in [0.5, 0.6) is 0 Å². The lowest BCUT2D eigenvalue weighted by molar-refractivity contribution is -0.243. The summed E-state index contributed by atoms with van der Waals surface area (Å²) in [6.07, 6.45) is -9.85. The zero-order valence-corrected chi connectivity index (χ0v) is 9.15. The maximum atomic E-state index is 13.2. The zero-order valence-electron chi connectivity index (χ0n) is 9.15. The number of hydrogen-bond donors (Lipinski definition) is 0. The second kappa shape index (κ2) is 5.04. The first kappa shape index (κ1) is 14.6. The molecule has 0 saturated heterocycles. The average molecular weight is 268 g/mol. The van der Waals surface area contributed by atoms with Crippen molar-refractivity contribution in [3.63, 3.8) is 0 Å². The molecule has 100 valence electrons. The van der Waals surface area contributed by atoms with Gasteiger partial charge in [0.05, 0.1) is 0 Å². The van der Waals surface area contributed by atoms with Crippen molar-refractivity contribution in [1.29, 1.82) is 0 Å². The van der Waals surface area contributed by atoms with Crippen molar-refractivity contribution >= 4 is 6.08 Å². The summed E-state index contributed by atoms with van der Waals surface area (Å²) in [5.74, 6) is -4.50. The first-order valence-electron chi connectivity index (χ1n) is 4.97. The van der Waals surface area contributed by atoms with E-state index in [0.717, 1.165) is 0 Å². The first-order chi connectivity index (χ1) is 8.18. The van der Waals surface area contributed by atoms with E-state index in [1.54, 1.807) is 0 Å². The highest BCUT2D eigenvalue weighted by atomic mass is 19.4. The van der Waals surface area contributed by atoms with Gasteiger partial charge >= 0.3 is 6.18 Å². The molecule has 18 heavy (non-hydrogen) atoms. The standard InChI is InChI=1S/C12H10F6/c1-2-8-5-3-4-6-9(8)7-11(14,15)10(13)12(16,17)18/h2-6,10H,1,7H2. The van der Waals surface area contributed by atoms with Crippen LogP contribution in [0.1, 0.15) is 11.1 Å². The third-order valence-corrected chi connectivity index (χ3v) is 2.36. The van der Waals surface area contributed by atoms with Crippen LogP contribution in [0.4, 0.5) is 26.3 Å². The SMILES string of the molecule is C=Cc1ccccc1CC(F)(F)C(F)C(F)(F)F. The number of benzene rings is 1. The number of hydrogen-bond acceptors (Lipinski definition) is 0. The Bertz CT molecular complexity index is 421. The molecule has 1 unspecified atom stereocenters. The van der Waals surface area contributed by atoms with Gasteiger partial charge in [-0.2, -0.15) is 13.2 Å². The van der Waals surface area contributed by atoms with E-state index in [2.05, 4.69) is 6.58 Å². The van der Waals surface area contributed by atoms with Gasteiger partial charge in [0.1, 0.15) is 0 Å². The number of rotatable bonds is 4. The minimum atomic E-state index is -5.58. The maximum absolute atomic E-state index is 13.2. The third-order valence-electron chi connectivity index (χ3n) is 2.36. The molecule has 0 radical (unpaired) electrons. The van der Waals surface area contributed by atoms with Gasteiger partial charge in [-0.3, -0.25) is 0 Å². The summed E-state index contributed by atoms with van der Waals surface area (Å²) in [5, 5.41) is 0. The molecule has 0 saturated carbocycles. The lowest BCUT2D eigenvalue weighted by atomic mass is 9.98. The van der Waals surface area contributed by atoms with E-state index in [4.69, 9.17) is 0 Å². The molecule has 1 aromatic carbocycles. The van der Waals surface area contributed by atoms with Crippen molar-refractivity contribution in [3.05, 3.63) is 42.0 Å². The van der Waals surface area contributed by atoms with Gasteiger partial charge in [0.2, 0.25) is 0 Å². The fourth-order valence-electron chi connectivity index (χ4n) is 1.48. The van der Waals surface area contributed by atoms with E-state index < -0.39 is 24.7 Å². The molecule has 0 nitrogen and oxygen atoms in total. The Balaban J connectivity index is 2.98. The second-order valence-electron chi connectivity index (χ2n) is 3.74. The van der Waals surface area contributed by atoms with E-state index in [0.29, 0.717) is 0 Å². The molecule has 1 rings (SSSR count). The molecule has 0 bridgehead atoms. The Morgan fingerprint density at radius 3 is 2.17 bits per heavy atom. The molecular weight excluding hydrogens is 258 g/mol. The van der Waals surface area contributed by atoms with Gasteiger partial charge in [-0.05, 0) is 11.1 Å². The second-order valence-corrected chi connectivity index (χ2v) is 3.74. The normalized spacial score (nSPS) is 14.3. The molecule has 0 spiro atoms. The Morgan fingerprint density at radius 1 is 1.11 bits per heavy atom.